The van der Waals surface area contributed by atoms with E-state index in [1.807, 2.05) is 5.32 Å². The van der Waals surface area contributed by atoms with Crippen molar-refractivity contribution in [3.05, 3.63) is 53.6 Å². The molecule has 0 aliphatic heterocycles. The van der Waals surface area contributed by atoms with Gasteiger partial charge in [0.1, 0.15) is 5.75 Å². The first kappa shape index (κ1) is 23.4. The highest BCUT2D eigenvalue weighted by molar-refractivity contribution is 7.91. The third kappa shape index (κ3) is 5.82. The monoisotopic (exact) mass is 443 g/mol. The van der Waals surface area contributed by atoms with Crippen molar-refractivity contribution in [3.8, 4) is 5.75 Å². The molecule has 1 atom stereocenters. The van der Waals surface area contributed by atoms with Gasteiger partial charge < -0.3 is 10.1 Å². The number of rotatable bonds is 6. The molecule has 6 nitrogen and oxygen atoms in total. The summed E-state index contributed by atoms with van der Waals surface area (Å²) in [5.41, 5.74) is 1.03. The van der Waals surface area contributed by atoms with Crippen LogP contribution in [0.5, 0.6) is 5.75 Å². The summed E-state index contributed by atoms with van der Waals surface area (Å²) in [6.07, 6.45) is -4.87. The molecule has 0 aliphatic rings. The average molecular weight is 443 g/mol. The second-order valence-corrected chi connectivity index (χ2v) is 8.69. The maximum atomic E-state index is 12.8. The molecule has 1 N–H and O–H groups in total. The molecule has 0 saturated heterocycles. The van der Waals surface area contributed by atoms with Gasteiger partial charge in [-0.15, -0.1) is 0 Å². The number of carbonyl (C=O) groups is 2. The van der Waals surface area contributed by atoms with E-state index >= 15 is 0 Å². The number of carbonyl (C=O) groups excluding carboxylic acids is 2. The summed E-state index contributed by atoms with van der Waals surface area (Å²) in [6.45, 7) is 4.26. The zero-order valence-electron chi connectivity index (χ0n) is 16.4. The molecule has 162 valence electrons. The Balaban J connectivity index is 2.16. The number of benzene rings is 2. The molecule has 1 amide bonds. The predicted octanol–water partition coefficient (Wildman–Crippen LogP) is 3.36. The highest BCUT2D eigenvalue weighted by Crippen LogP contribution is 2.27. The van der Waals surface area contributed by atoms with Crippen LogP contribution in [0, 0.1) is 6.92 Å². The number of esters is 1. The molecule has 2 aromatic carbocycles. The second-order valence-electron chi connectivity index (χ2n) is 6.74. The standard InChI is InChI=1S/C20H20F3NO5S/c1-12-10-17(8-9-18(12)29-14(3)25)30(27,28)16-6-4-15(5-7-16)11-13(2)24-19(26)20(21,22)23/h4-10,13H,11H2,1-3H3,(H,24,26)/t13-/m1/s1. The van der Waals surface area contributed by atoms with Gasteiger partial charge in [-0.1, -0.05) is 12.1 Å². The first-order chi connectivity index (χ1) is 13.8. The molecule has 0 aromatic heterocycles. The zero-order valence-corrected chi connectivity index (χ0v) is 17.2. The molecule has 10 heteroatoms. The average Bonchev–Trinajstić information content (AvgIpc) is 2.62. The van der Waals surface area contributed by atoms with Crippen LogP contribution in [0.1, 0.15) is 25.0 Å². The highest BCUT2D eigenvalue weighted by atomic mass is 32.2. The number of aryl methyl sites for hydroxylation is 1. The van der Waals surface area contributed by atoms with E-state index < -0.39 is 33.9 Å². The van der Waals surface area contributed by atoms with Gasteiger partial charge in [0, 0.05) is 13.0 Å². The van der Waals surface area contributed by atoms with Crippen LogP contribution in [0.3, 0.4) is 0 Å². The van der Waals surface area contributed by atoms with Gasteiger partial charge in [0.2, 0.25) is 9.84 Å². The topological polar surface area (TPSA) is 89.5 Å². The van der Waals surface area contributed by atoms with E-state index in [2.05, 4.69) is 0 Å². The highest BCUT2D eigenvalue weighted by Gasteiger charge is 2.39. The molecular formula is C20H20F3NO5S. The van der Waals surface area contributed by atoms with Crippen molar-refractivity contribution >= 4 is 21.7 Å². The fourth-order valence-electron chi connectivity index (χ4n) is 2.71. The molecule has 0 unspecified atom stereocenters. The van der Waals surface area contributed by atoms with E-state index in [1.165, 1.54) is 56.3 Å². The first-order valence-corrected chi connectivity index (χ1v) is 10.3. The molecule has 0 spiro atoms. The zero-order chi connectivity index (χ0) is 22.7. The Morgan fingerprint density at radius 3 is 2.13 bits per heavy atom. The van der Waals surface area contributed by atoms with Gasteiger partial charge in [-0.05, 0) is 61.7 Å². The minimum atomic E-state index is -4.96. The summed E-state index contributed by atoms with van der Waals surface area (Å²) in [5, 5.41) is 1.85. The molecule has 0 aliphatic carbocycles. The van der Waals surface area contributed by atoms with Crippen molar-refractivity contribution in [3.63, 3.8) is 0 Å². The molecule has 0 bridgehead atoms. The number of ether oxygens (including phenoxy) is 1. The minimum Gasteiger partial charge on any atom is -0.426 e. The SMILES string of the molecule is CC(=O)Oc1ccc(S(=O)(=O)c2ccc(C[C@@H](C)NC(=O)C(F)(F)F)cc2)cc1C. The Hall–Kier alpha value is -2.88. The van der Waals surface area contributed by atoms with E-state index in [0.29, 0.717) is 11.1 Å². The van der Waals surface area contributed by atoms with E-state index in [1.54, 1.807) is 6.92 Å². The van der Waals surface area contributed by atoms with E-state index in [4.69, 9.17) is 4.74 Å². The van der Waals surface area contributed by atoms with E-state index in [0.717, 1.165) is 0 Å². The molecule has 2 aromatic rings. The fourth-order valence-corrected chi connectivity index (χ4v) is 4.06. The van der Waals surface area contributed by atoms with Crippen LogP contribution >= 0.6 is 0 Å². The molecule has 0 heterocycles. The summed E-state index contributed by atoms with van der Waals surface area (Å²) in [7, 11) is -3.85. The Morgan fingerprint density at radius 2 is 1.63 bits per heavy atom. The lowest BCUT2D eigenvalue weighted by atomic mass is 10.1. The minimum absolute atomic E-state index is 0.00198. The van der Waals surface area contributed by atoms with Crippen LogP contribution in [0.25, 0.3) is 0 Å². The molecule has 30 heavy (non-hydrogen) atoms. The predicted molar refractivity (Wildman–Crippen MR) is 102 cm³/mol. The number of nitrogens with one attached hydrogen (secondary N) is 1. The van der Waals surface area contributed by atoms with Gasteiger partial charge in [-0.25, -0.2) is 8.42 Å². The fraction of sp³-hybridized carbons (Fsp3) is 0.300. The summed E-state index contributed by atoms with van der Waals surface area (Å²) in [5.74, 6) is -2.29. The van der Waals surface area contributed by atoms with Gasteiger partial charge in [-0.3, -0.25) is 9.59 Å². The van der Waals surface area contributed by atoms with Crippen molar-refractivity contribution in [2.24, 2.45) is 0 Å². The van der Waals surface area contributed by atoms with Gasteiger partial charge in [-0.2, -0.15) is 13.2 Å². The van der Waals surface area contributed by atoms with Crippen LogP contribution in [-0.2, 0) is 25.8 Å². The number of alkyl halides is 3. The summed E-state index contributed by atoms with van der Waals surface area (Å²) < 4.78 is 67.5. The molecule has 0 fully saturated rings. The van der Waals surface area contributed by atoms with Crippen molar-refractivity contribution in [1.82, 2.24) is 5.32 Å². The van der Waals surface area contributed by atoms with Crippen LogP contribution in [0.15, 0.2) is 52.3 Å². The maximum absolute atomic E-state index is 12.8. The number of amides is 1. The van der Waals surface area contributed by atoms with Crippen molar-refractivity contribution < 1.29 is 35.9 Å². The number of sulfone groups is 1. The lowest BCUT2D eigenvalue weighted by Gasteiger charge is -2.15. The normalized spacial score (nSPS) is 12.9. The van der Waals surface area contributed by atoms with Crippen LogP contribution in [-0.4, -0.2) is 32.5 Å². The number of hydrogen-bond donors (Lipinski definition) is 1. The molecular weight excluding hydrogens is 423 g/mol. The first-order valence-electron chi connectivity index (χ1n) is 8.81. The summed E-state index contributed by atoms with van der Waals surface area (Å²) >= 11 is 0. The Labute approximate surface area is 172 Å². The number of hydrogen-bond acceptors (Lipinski definition) is 5. The lowest BCUT2D eigenvalue weighted by molar-refractivity contribution is -0.174. The van der Waals surface area contributed by atoms with E-state index in [9.17, 15) is 31.2 Å². The second kappa shape index (κ2) is 8.86. The lowest BCUT2D eigenvalue weighted by Crippen LogP contribution is -2.42. The van der Waals surface area contributed by atoms with E-state index in [-0.39, 0.29) is 22.0 Å². The molecule has 0 radical (unpaired) electrons. The molecule has 0 saturated carbocycles. The maximum Gasteiger partial charge on any atom is 0.471 e. The van der Waals surface area contributed by atoms with Crippen LogP contribution in [0.2, 0.25) is 0 Å². The third-order valence-electron chi connectivity index (χ3n) is 4.12. The van der Waals surface area contributed by atoms with Crippen LogP contribution < -0.4 is 10.1 Å². The van der Waals surface area contributed by atoms with Crippen LogP contribution in [0.4, 0.5) is 13.2 Å². The third-order valence-corrected chi connectivity index (χ3v) is 5.89. The number of halogens is 3. The summed E-state index contributed by atoms with van der Waals surface area (Å²) in [6, 6.07) is 8.95. The Kier molecular flexibility index (Phi) is 6.91. The Morgan fingerprint density at radius 1 is 1.07 bits per heavy atom. The van der Waals surface area contributed by atoms with Gasteiger partial charge in [0.25, 0.3) is 0 Å². The largest absolute Gasteiger partial charge is 0.471 e. The van der Waals surface area contributed by atoms with Gasteiger partial charge >= 0.3 is 18.1 Å². The smallest absolute Gasteiger partial charge is 0.426 e. The Bertz CT molecular complexity index is 1050. The quantitative estimate of drug-likeness (QED) is 0.546. The van der Waals surface area contributed by atoms with Crippen molar-refractivity contribution in [2.45, 2.75) is 49.2 Å². The van der Waals surface area contributed by atoms with Gasteiger partial charge in [0.05, 0.1) is 9.79 Å². The van der Waals surface area contributed by atoms with Crippen molar-refractivity contribution in [2.75, 3.05) is 0 Å². The molecule has 2 rings (SSSR count). The summed E-state index contributed by atoms with van der Waals surface area (Å²) in [4.78, 5) is 22.0. The van der Waals surface area contributed by atoms with Gasteiger partial charge in [0.15, 0.2) is 0 Å². The van der Waals surface area contributed by atoms with Crippen molar-refractivity contribution in [1.29, 1.82) is 0 Å².